The number of nitrogens with zero attached hydrogens (tertiary/aromatic N) is 3. The van der Waals surface area contributed by atoms with Gasteiger partial charge in [-0.3, -0.25) is 4.57 Å². The van der Waals surface area contributed by atoms with Crippen molar-refractivity contribution in [1.82, 2.24) is 14.5 Å². The van der Waals surface area contributed by atoms with Gasteiger partial charge in [0.05, 0.1) is 27.4 Å². The zero-order valence-corrected chi connectivity index (χ0v) is 13.3. The molecule has 0 aliphatic rings. The van der Waals surface area contributed by atoms with Gasteiger partial charge in [-0.2, -0.15) is 4.98 Å². The molecule has 0 aliphatic heterocycles. The van der Waals surface area contributed by atoms with Gasteiger partial charge in [0.1, 0.15) is 5.15 Å². The molecule has 0 radical (unpaired) electrons. The Hall–Kier alpha value is -0.910. The molecule has 0 saturated heterocycles. The van der Waals surface area contributed by atoms with Crippen LogP contribution in [0, 0.1) is 13.8 Å². The van der Waals surface area contributed by atoms with Crippen LogP contribution in [0.2, 0.25) is 10.2 Å². The van der Waals surface area contributed by atoms with Crippen molar-refractivity contribution in [2.75, 3.05) is 0 Å². The van der Waals surface area contributed by atoms with Crippen LogP contribution in [0.5, 0.6) is 0 Å². The van der Waals surface area contributed by atoms with Gasteiger partial charge in [0.25, 0.3) is 0 Å². The predicted molar refractivity (Wildman–Crippen MR) is 79.0 cm³/mol. The Morgan fingerprint density at radius 3 is 2.63 bits per heavy atom. The Kier molecular flexibility index (Phi) is 4.28. The minimum Gasteiger partial charge on any atom is -0.289 e. The van der Waals surface area contributed by atoms with Crippen molar-refractivity contribution < 1.29 is 0 Å². The molecule has 0 spiro atoms. The fraction of sp³-hybridized carbons (Fsp3) is 0.250. The molecule has 0 unspecified atom stereocenters. The van der Waals surface area contributed by atoms with Crippen molar-refractivity contribution in [2.24, 2.45) is 0 Å². The second-order valence-corrected chi connectivity index (χ2v) is 5.62. The average Bonchev–Trinajstić information content (AvgIpc) is 2.36. The van der Waals surface area contributed by atoms with E-state index in [-0.39, 0.29) is 12.2 Å². The SMILES string of the molecule is Cc1nc(=O)n(Cc2nc(Cl)ccc2Cl)c(C)c1Br. The Bertz CT molecular complexity index is 700. The third-order valence-corrected chi connectivity index (χ3v) is 4.43. The lowest BCUT2D eigenvalue weighted by molar-refractivity contribution is 0.676. The van der Waals surface area contributed by atoms with E-state index in [2.05, 4.69) is 25.9 Å². The van der Waals surface area contributed by atoms with E-state index in [1.165, 1.54) is 4.57 Å². The van der Waals surface area contributed by atoms with Gasteiger partial charge in [0.15, 0.2) is 0 Å². The van der Waals surface area contributed by atoms with Gasteiger partial charge >= 0.3 is 5.69 Å². The molecule has 2 heterocycles. The summed E-state index contributed by atoms with van der Waals surface area (Å²) in [5.74, 6) is 0. The number of rotatable bonds is 2. The number of pyridine rings is 1. The Balaban J connectivity index is 2.53. The molecule has 0 N–H and O–H groups in total. The third-order valence-electron chi connectivity index (χ3n) is 2.73. The van der Waals surface area contributed by atoms with Crippen molar-refractivity contribution in [3.8, 4) is 0 Å². The van der Waals surface area contributed by atoms with Crippen molar-refractivity contribution in [3.63, 3.8) is 0 Å². The molecule has 0 fully saturated rings. The first-order chi connectivity index (χ1) is 8.90. The second kappa shape index (κ2) is 5.61. The first-order valence-electron chi connectivity index (χ1n) is 5.44. The van der Waals surface area contributed by atoms with E-state index in [0.29, 0.717) is 21.6 Å². The highest BCUT2D eigenvalue weighted by atomic mass is 79.9. The van der Waals surface area contributed by atoms with Crippen LogP contribution in [-0.2, 0) is 6.54 Å². The number of aryl methyl sites for hydroxylation is 1. The molecule has 2 aromatic heterocycles. The summed E-state index contributed by atoms with van der Waals surface area (Å²) in [5.41, 5.74) is 1.63. The number of hydrogen-bond acceptors (Lipinski definition) is 3. The second-order valence-electron chi connectivity index (χ2n) is 4.03. The van der Waals surface area contributed by atoms with Gasteiger partial charge in [-0.15, -0.1) is 0 Å². The summed E-state index contributed by atoms with van der Waals surface area (Å²) in [4.78, 5) is 20.0. The van der Waals surface area contributed by atoms with E-state index < -0.39 is 0 Å². The smallest absolute Gasteiger partial charge is 0.289 e. The zero-order chi connectivity index (χ0) is 14.2. The van der Waals surface area contributed by atoms with Crippen molar-refractivity contribution in [2.45, 2.75) is 20.4 Å². The molecular formula is C12H10BrCl2N3O. The summed E-state index contributed by atoms with van der Waals surface area (Å²) in [6, 6.07) is 3.26. The minimum absolute atomic E-state index is 0.232. The first-order valence-corrected chi connectivity index (χ1v) is 6.99. The quantitative estimate of drug-likeness (QED) is 0.769. The summed E-state index contributed by atoms with van der Waals surface area (Å²) in [6.07, 6.45) is 0. The predicted octanol–water partition coefficient (Wildman–Crippen LogP) is 3.37. The summed E-state index contributed by atoms with van der Waals surface area (Å²) < 4.78 is 2.30. The van der Waals surface area contributed by atoms with E-state index in [9.17, 15) is 4.79 Å². The Morgan fingerprint density at radius 1 is 1.26 bits per heavy atom. The van der Waals surface area contributed by atoms with Crippen molar-refractivity contribution in [3.05, 3.63) is 54.3 Å². The van der Waals surface area contributed by atoms with E-state index in [4.69, 9.17) is 23.2 Å². The van der Waals surface area contributed by atoms with Crippen LogP contribution in [0.3, 0.4) is 0 Å². The van der Waals surface area contributed by atoms with Gasteiger partial charge in [-0.1, -0.05) is 23.2 Å². The molecule has 4 nitrogen and oxygen atoms in total. The monoisotopic (exact) mass is 361 g/mol. The summed E-state index contributed by atoms with van der Waals surface area (Å²) in [5, 5.41) is 0.802. The molecule has 100 valence electrons. The standard InChI is InChI=1S/C12H10BrCl2N3O/c1-6-11(13)7(2)18(12(19)16-6)5-9-8(14)3-4-10(15)17-9/h3-4H,5H2,1-2H3. The summed E-state index contributed by atoms with van der Waals surface area (Å²) in [7, 11) is 0. The lowest BCUT2D eigenvalue weighted by Gasteiger charge is -2.12. The maximum absolute atomic E-state index is 11.9. The average molecular weight is 363 g/mol. The summed E-state index contributed by atoms with van der Waals surface area (Å²) >= 11 is 15.3. The van der Waals surface area contributed by atoms with Gasteiger partial charge in [-0.05, 0) is 41.9 Å². The maximum atomic E-state index is 11.9. The lowest BCUT2D eigenvalue weighted by Crippen LogP contribution is -2.27. The largest absolute Gasteiger partial charge is 0.348 e. The van der Waals surface area contributed by atoms with E-state index in [0.717, 1.165) is 10.2 Å². The first kappa shape index (κ1) is 14.5. The van der Waals surface area contributed by atoms with E-state index in [1.807, 2.05) is 6.92 Å². The van der Waals surface area contributed by atoms with Crippen LogP contribution < -0.4 is 5.69 Å². The Labute approximate surface area is 128 Å². The molecule has 19 heavy (non-hydrogen) atoms. The van der Waals surface area contributed by atoms with Crippen molar-refractivity contribution >= 4 is 39.1 Å². The van der Waals surface area contributed by atoms with E-state index >= 15 is 0 Å². The van der Waals surface area contributed by atoms with Crippen molar-refractivity contribution in [1.29, 1.82) is 0 Å². The third kappa shape index (κ3) is 2.99. The molecule has 2 rings (SSSR count). The fourth-order valence-corrected chi connectivity index (χ4v) is 2.31. The van der Waals surface area contributed by atoms with E-state index in [1.54, 1.807) is 19.1 Å². The maximum Gasteiger partial charge on any atom is 0.348 e. The number of aromatic nitrogens is 3. The van der Waals surface area contributed by atoms with Crippen LogP contribution in [0.15, 0.2) is 21.4 Å². The minimum atomic E-state index is -0.337. The molecule has 2 aromatic rings. The fourth-order valence-electron chi connectivity index (χ4n) is 1.68. The molecule has 0 amide bonds. The molecule has 0 saturated carbocycles. The topological polar surface area (TPSA) is 47.8 Å². The molecule has 0 aliphatic carbocycles. The zero-order valence-electron chi connectivity index (χ0n) is 10.2. The lowest BCUT2D eigenvalue weighted by atomic mass is 10.3. The molecule has 0 atom stereocenters. The van der Waals surface area contributed by atoms with Crippen LogP contribution >= 0.6 is 39.1 Å². The van der Waals surface area contributed by atoms with Gasteiger partial charge < -0.3 is 0 Å². The number of hydrogen-bond donors (Lipinski definition) is 0. The van der Waals surface area contributed by atoms with Crippen LogP contribution in [-0.4, -0.2) is 14.5 Å². The van der Waals surface area contributed by atoms with Crippen LogP contribution in [0.1, 0.15) is 17.1 Å². The molecular weight excluding hydrogens is 353 g/mol. The van der Waals surface area contributed by atoms with Gasteiger partial charge in [0, 0.05) is 5.69 Å². The number of halogens is 3. The molecule has 7 heteroatoms. The normalized spacial score (nSPS) is 10.8. The van der Waals surface area contributed by atoms with Crippen LogP contribution in [0.4, 0.5) is 0 Å². The molecule has 0 aromatic carbocycles. The highest BCUT2D eigenvalue weighted by molar-refractivity contribution is 9.10. The highest BCUT2D eigenvalue weighted by Crippen LogP contribution is 2.20. The van der Waals surface area contributed by atoms with Crippen LogP contribution in [0.25, 0.3) is 0 Å². The van der Waals surface area contributed by atoms with Gasteiger partial charge in [0.2, 0.25) is 0 Å². The highest BCUT2D eigenvalue weighted by Gasteiger charge is 2.12. The Morgan fingerprint density at radius 2 is 1.95 bits per heavy atom. The van der Waals surface area contributed by atoms with Gasteiger partial charge in [-0.25, -0.2) is 9.78 Å². The summed E-state index contributed by atoms with van der Waals surface area (Å²) in [6.45, 7) is 3.84. The molecule has 0 bridgehead atoms.